The highest BCUT2D eigenvalue weighted by Gasteiger charge is 2.34. The molecular formula is C20H40O4. The zero-order chi connectivity index (χ0) is 18.1. The summed E-state index contributed by atoms with van der Waals surface area (Å²) in [4.78, 5) is 12.1. The molecule has 0 saturated heterocycles. The van der Waals surface area contributed by atoms with E-state index in [2.05, 4.69) is 20.8 Å². The van der Waals surface area contributed by atoms with Gasteiger partial charge in [0.1, 0.15) is 5.78 Å². The molecule has 0 aliphatic heterocycles. The van der Waals surface area contributed by atoms with Crippen LogP contribution < -0.4 is 0 Å². The lowest BCUT2D eigenvalue weighted by atomic mass is 9.84. The van der Waals surface area contributed by atoms with Crippen molar-refractivity contribution < 1.29 is 19.0 Å². The number of carbonyl (C=O) groups excluding carboxylic acids is 1. The predicted octanol–water partition coefficient (Wildman–Crippen LogP) is 4.79. The molecule has 0 amide bonds. The molecular weight excluding hydrogens is 304 g/mol. The minimum Gasteiger partial charge on any atom is -0.381 e. The third-order valence-corrected chi connectivity index (χ3v) is 4.12. The molecule has 144 valence electrons. The highest BCUT2D eigenvalue weighted by atomic mass is 16.5. The average molecular weight is 345 g/mol. The highest BCUT2D eigenvalue weighted by molar-refractivity contribution is 5.78. The van der Waals surface area contributed by atoms with Crippen LogP contribution in [-0.4, -0.2) is 45.4 Å². The van der Waals surface area contributed by atoms with E-state index in [0.29, 0.717) is 32.7 Å². The second kappa shape index (κ2) is 16.0. The van der Waals surface area contributed by atoms with E-state index in [4.69, 9.17) is 14.2 Å². The van der Waals surface area contributed by atoms with E-state index in [-0.39, 0.29) is 11.2 Å². The zero-order valence-corrected chi connectivity index (χ0v) is 16.5. The molecule has 4 heteroatoms. The van der Waals surface area contributed by atoms with Crippen molar-refractivity contribution in [2.45, 2.75) is 79.1 Å². The van der Waals surface area contributed by atoms with E-state index in [1.165, 1.54) is 0 Å². The fraction of sp³-hybridized carbons (Fsp3) is 0.950. The number of ketones is 1. The van der Waals surface area contributed by atoms with Crippen LogP contribution in [0.25, 0.3) is 0 Å². The number of carbonyl (C=O) groups is 1. The van der Waals surface area contributed by atoms with E-state index in [1.54, 1.807) is 0 Å². The first-order valence-electron chi connectivity index (χ1n) is 9.89. The summed E-state index contributed by atoms with van der Waals surface area (Å²) in [6.07, 6.45) is 7.51. The zero-order valence-electron chi connectivity index (χ0n) is 16.5. The van der Waals surface area contributed by atoms with Crippen molar-refractivity contribution in [3.8, 4) is 0 Å². The van der Waals surface area contributed by atoms with E-state index in [9.17, 15) is 4.79 Å². The lowest BCUT2D eigenvalue weighted by Crippen LogP contribution is -2.39. The van der Waals surface area contributed by atoms with Gasteiger partial charge >= 0.3 is 0 Å². The van der Waals surface area contributed by atoms with Gasteiger partial charge in [-0.3, -0.25) is 4.79 Å². The van der Waals surface area contributed by atoms with E-state index in [1.807, 2.05) is 6.92 Å². The molecule has 0 spiro atoms. The molecule has 24 heavy (non-hydrogen) atoms. The Hall–Kier alpha value is -0.450. The molecule has 0 aromatic heterocycles. The number of rotatable bonds is 18. The Morgan fingerprint density at radius 2 is 1.08 bits per heavy atom. The minimum absolute atomic E-state index is 0.257. The van der Waals surface area contributed by atoms with Crippen LogP contribution in [0.5, 0.6) is 0 Å². The SMILES string of the molecule is CCCCOCC(COCCCC)(COCCCC)CC(=O)CC. The van der Waals surface area contributed by atoms with Gasteiger partial charge in [-0.05, 0) is 19.3 Å². The summed E-state index contributed by atoms with van der Waals surface area (Å²) in [5.41, 5.74) is -0.345. The first kappa shape index (κ1) is 23.5. The lowest BCUT2D eigenvalue weighted by molar-refractivity contribution is -0.128. The molecule has 0 rings (SSSR count). The smallest absolute Gasteiger partial charge is 0.133 e. The summed E-state index contributed by atoms with van der Waals surface area (Å²) in [5.74, 6) is 0.257. The van der Waals surface area contributed by atoms with Crippen LogP contribution in [-0.2, 0) is 19.0 Å². The average Bonchev–Trinajstić information content (AvgIpc) is 2.59. The summed E-state index contributed by atoms with van der Waals surface area (Å²) < 4.78 is 17.7. The van der Waals surface area contributed by atoms with Crippen molar-refractivity contribution in [3.05, 3.63) is 0 Å². The van der Waals surface area contributed by atoms with Gasteiger partial charge in [-0.25, -0.2) is 0 Å². The van der Waals surface area contributed by atoms with Crippen LogP contribution in [0.15, 0.2) is 0 Å². The van der Waals surface area contributed by atoms with Gasteiger partial charge in [0.2, 0.25) is 0 Å². The first-order chi connectivity index (χ1) is 11.6. The van der Waals surface area contributed by atoms with Gasteiger partial charge in [0.15, 0.2) is 0 Å². The number of hydrogen-bond acceptors (Lipinski definition) is 4. The van der Waals surface area contributed by atoms with Crippen LogP contribution >= 0.6 is 0 Å². The van der Waals surface area contributed by atoms with Crippen molar-refractivity contribution in [1.82, 2.24) is 0 Å². The Morgan fingerprint density at radius 3 is 1.38 bits per heavy atom. The lowest BCUT2D eigenvalue weighted by Gasteiger charge is -2.33. The highest BCUT2D eigenvalue weighted by Crippen LogP contribution is 2.26. The van der Waals surface area contributed by atoms with Crippen LogP contribution in [0, 0.1) is 5.41 Å². The molecule has 0 saturated carbocycles. The molecule has 0 unspecified atom stereocenters. The van der Waals surface area contributed by atoms with Crippen LogP contribution in [0.1, 0.15) is 79.1 Å². The van der Waals surface area contributed by atoms with E-state index < -0.39 is 0 Å². The van der Waals surface area contributed by atoms with Crippen LogP contribution in [0.4, 0.5) is 0 Å². The minimum atomic E-state index is -0.345. The quantitative estimate of drug-likeness (QED) is 0.335. The Bertz CT molecular complexity index is 260. The van der Waals surface area contributed by atoms with Gasteiger partial charge in [0.05, 0.1) is 19.8 Å². The first-order valence-corrected chi connectivity index (χ1v) is 9.89. The number of unbranched alkanes of at least 4 members (excludes halogenated alkanes) is 3. The van der Waals surface area contributed by atoms with Crippen molar-refractivity contribution in [2.75, 3.05) is 39.6 Å². The molecule has 4 nitrogen and oxygen atoms in total. The van der Waals surface area contributed by atoms with E-state index in [0.717, 1.165) is 58.3 Å². The number of Topliss-reactive ketones (excluding diaryl/α,β-unsaturated/α-hetero) is 1. The number of ether oxygens (including phenoxy) is 3. The Morgan fingerprint density at radius 1 is 0.708 bits per heavy atom. The summed E-state index contributed by atoms with van der Waals surface area (Å²) in [6.45, 7) is 12.2. The van der Waals surface area contributed by atoms with E-state index >= 15 is 0 Å². The van der Waals surface area contributed by atoms with Crippen LogP contribution in [0.2, 0.25) is 0 Å². The van der Waals surface area contributed by atoms with Gasteiger partial charge in [-0.2, -0.15) is 0 Å². The van der Waals surface area contributed by atoms with Crippen LogP contribution in [0.3, 0.4) is 0 Å². The molecule has 0 heterocycles. The van der Waals surface area contributed by atoms with Gasteiger partial charge in [-0.15, -0.1) is 0 Å². The normalized spacial score (nSPS) is 11.8. The fourth-order valence-corrected chi connectivity index (χ4v) is 2.43. The maximum absolute atomic E-state index is 12.1. The van der Waals surface area contributed by atoms with Crippen molar-refractivity contribution in [2.24, 2.45) is 5.41 Å². The summed E-state index contributed by atoms with van der Waals surface area (Å²) in [5, 5.41) is 0. The van der Waals surface area contributed by atoms with Gasteiger partial charge in [0.25, 0.3) is 0 Å². The Labute approximate surface area is 149 Å². The van der Waals surface area contributed by atoms with Crippen molar-refractivity contribution in [3.63, 3.8) is 0 Å². The third kappa shape index (κ3) is 12.0. The molecule has 0 bridgehead atoms. The fourth-order valence-electron chi connectivity index (χ4n) is 2.43. The maximum Gasteiger partial charge on any atom is 0.133 e. The molecule has 0 atom stereocenters. The Kier molecular flexibility index (Phi) is 15.7. The molecule has 0 fully saturated rings. The second-order valence-corrected chi connectivity index (χ2v) is 6.79. The monoisotopic (exact) mass is 344 g/mol. The summed E-state index contributed by atoms with van der Waals surface area (Å²) in [7, 11) is 0. The molecule has 0 N–H and O–H groups in total. The largest absolute Gasteiger partial charge is 0.381 e. The molecule has 0 aromatic rings. The summed E-state index contributed by atoms with van der Waals surface area (Å²) in [6, 6.07) is 0. The van der Waals surface area contributed by atoms with Crippen molar-refractivity contribution in [1.29, 1.82) is 0 Å². The molecule has 0 aliphatic rings. The maximum atomic E-state index is 12.1. The topological polar surface area (TPSA) is 44.8 Å². The number of hydrogen-bond donors (Lipinski definition) is 0. The molecule has 0 radical (unpaired) electrons. The molecule has 0 aromatic carbocycles. The predicted molar refractivity (Wildman–Crippen MR) is 99.5 cm³/mol. The third-order valence-electron chi connectivity index (χ3n) is 4.12. The summed E-state index contributed by atoms with van der Waals surface area (Å²) >= 11 is 0. The van der Waals surface area contributed by atoms with Gasteiger partial charge in [-0.1, -0.05) is 47.0 Å². The van der Waals surface area contributed by atoms with Gasteiger partial charge < -0.3 is 14.2 Å². The molecule has 0 aliphatic carbocycles. The van der Waals surface area contributed by atoms with Gasteiger partial charge in [0, 0.05) is 38.1 Å². The van der Waals surface area contributed by atoms with Crippen molar-refractivity contribution >= 4 is 5.78 Å². The standard InChI is InChI=1S/C20H40O4/c1-5-9-12-22-16-20(15-19(21)8-4,17-23-13-10-6-2)18-24-14-11-7-3/h5-18H2,1-4H3. The Balaban J connectivity index is 4.74. The second-order valence-electron chi connectivity index (χ2n) is 6.79.